The number of ether oxygens (including phenoxy) is 4. The molecular formula is C31H53N3O10S. The van der Waals surface area contributed by atoms with Gasteiger partial charge in [-0.1, -0.05) is 13.8 Å². The van der Waals surface area contributed by atoms with E-state index in [2.05, 4.69) is 0 Å². The molecule has 258 valence electrons. The van der Waals surface area contributed by atoms with Crippen molar-refractivity contribution in [1.82, 2.24) is 9.80 Å². The molecule has 0 spiro atoms. The molecule has 14 heteroatoms. The predicted octanol–water partition coefficient (Wildman–Crippen LogP) is 3.63. The SMILES string of the molecule is CCOC(=O)C1CC([N+](CC(C)C)(C(=O)OC(C)(C)C)S(=O)[O-])CN1CC1CCC2CN(C(=O)OC)C(C(=O)OCC)CC2C1. The molecule has 0 N–H and O–H groups in total. The topological polar surface area (TPSA) is 152 Å². The van der Waals surface area contributed by atoms with Crippen LogP contribution < -0.4 is 0 Å². The second-order valence-electron chi connectivity index (χ2n) is 14.0. The maximum atomic E-state index is 13.7. The van der Waals surface area contributed by atoms with E-state index in [0.717, 1.165) is 19.3 Å². The lowest BCUT2D eigenvalue weighted by Gasteiger charge is -2.46. The molecule has 8 atom stereocenters. The molecule has 0 aromatic rings. The van der Waals surface area contributed by atoms with E-state index in [1.165, 1.54) is 12.0 Å². The molecule has 2 aliphatic heterocycles. The van der Waals surface area contributed by atoms with Gasteiger partial charge in [0, 0.05) is 25.4 Å². The molecule has 0 radical (unpaired) electrons. The Balaban J connectivity index is 1.86. The first kappa shape index (κ1) is 37.2. The van der Waals surface area contributed by atoms with Crippen LogP contribution in [0.5, 0.6) is 0 Å². The normalized spacial score (nSPS) is 29.3. The van der Waals surface area contributed by atoms with E-state index in [1.807, 2.05) is 18.7 Å². The van der Waals surface area contributed by atoms with E-state index >= 15 is 0 Å². The van der Waals surface area contributed by atoms with Crippen molar-refractivity contribution in [3.63, 3.8) is 0 Å². The Morgan fingerprint density at radius 3 is 2.09 bits per heavy atom. The number of hydrogen-bond acceptors (Lipinski definition) is 11. The summed E-state index contributed by atoms with van der Waals surface area (Å²) in [6.07, 6.45) is 1.65. The standard InChI is InChI=1S/C31H53N3O10S/c1-9-42-27(35)25-15-24(34(45(39)40,19-20(3)4)30(38)44-31(5,6)7)18-32(25)16-21-11-12-22-17-33(29(37)41-8)26(14-23(22)13-21)28(36)43-10-2/h20-26H,9-19H2,1-8H3. The molecule has 2 saturated heterocycles. The summed E-state index contributed by atoms with van der Waals surface area (Å²) in [7, 11) is 1.30. The molecule has 0 aromatic heterocycles. The predicted molar refractivity (Wildman–Crippen MR) is 164 cm³/mol. The first-order valence-corrected chi connectivity index (χ1v) is 17.2. The van der Waals surface area contributed by atoms with Crippen LogP contribution in [-0.2, 0) is 39.8 Å². The Labute approximate surface area is 270 Å². The molecule has 1 saturated carbocycles. The second-order valence-corrected chi connectivity index (χ2v) is 15.1. The number of piperidine rings is 1. The van der Waals surface area contributed by atoms with E-state index in [0.29, 0.717) is 19.5 Å². The Morgan fingerprint density at radius 2 is 1.56 bits per heavy atom. The highest BCUT2D eigenvalue weighted by molar-refractivity contribution is 7.73. The number of carbonyl (C=O) groups excluding carboxylic acids is 4. The smallest absolute Gasteiger partial charge is 0.529 e. The van der Waals surface area contributed by atoms with E-state index in [1.54, 1.807) is 34.6 Å². The third-order valence-corrected chi connectivity index (χ3v) is 10.3. The number of esters is 2. The van der Waals surface area contributed by atoms with Crippen LogP contribution >= 0.6 is 0 Å². The highest BCUT2D eigenvalue weighted by Gasteiger charge is 2.56. The number of nitrogens with zero attached hydrogens (tertiary/aromatic N) is 3. The maximum Gasteiger partial charge on any atom is 0.529 e. The van der Waals surface area contributed by atoms with Crippen molar-refractivity contribution in [1.29, 1.82) is 0 Å². The third-order valence-electron chi connectivity index (χ3n) is 9.18. The van der Waals surface area contributed by atoms with Crippen molar-refractivity contribution >= 4 is 35.4 Å². The van der Waals surface area contributed by atoms with Crippen molar-refractivity contribution in [2.45, 2.75) is 104 Å². The van der Waals surface area contributed by atoms with Crippen LogP contribution in [0.3, 0.4) is 0 Å². The molecule has 1 aliphatic carbocycles. The average Bonchev–Trinajstić information content (AvgIpc) is 3.37. The summed E-state index contributed by atoms with van der Waals surface area (Å²) >= 11 is -2.87. The van der Waals surface area contributed by atoms with E-state index in [4.69, 9.17) is 18.9 Å². The van der Waals surface area contributed by atoms with Crippen molar-refractivity contribution in [3.05, 3.63) is 0 Å². The van der Waals surface area contributed by atoms with Gasteiger partial charge >= 0.3 is 24.1 Å². The first-order valence-electron chi connectivity index (χ1n) is 16.2. The molecule has 0 bridgehead atoms. The second kappa shape index (κ2) is 15.5. The summed E-state index contributed by atoms with van der Waals surface area (Å²) in [6.45, 7) is 13.8. The Bertz CT molecular complexity index is 1100. The van der Waals surface area contributed by atoms with Crippen molar-refractivity contribution in [3.8, 4) is 0 Å². The number of likely N-dealkylation sites (tertiary alicyclic amines) is 2. The number of methoxy groups -OCH3 is 1. The fourth-order valence-electron chi connectivity index (χ4n) is 7.39. The van der Waals surface area contributed by atoms with E-state index in [-0.39, 0.29) is 56.4 Å². The van der Waals surface area contributed by atoms with Crippen LogP contribution in [0.1, 0.15) is 80.6 Å². The van der Waals surface area contributed by atoms with Gasteiger partial charge in [0.1, 0.15) is 30.3 Å². The highest BCUT2D eigenvalue weighted by Crippen LogP contribution is 2.43. The van der Waals surface area contributed by atoms with Crippen LogP contribution in [0.15, 0.2) is 0 Å². The van der Waals surface area contributed by atoms with Crippen molar-refractivity contribution in [2.24, 2.45) is 23.7 Å². The highest BCUT2D eigenvalue weighted by atomic mass is 32.2. The molecule has 3 rings (SSSR count). The lowest BCUT2D eigenvalue weighted by Crippen LogP contribution is -2.63. The zero-order valence-corrected chi connectivity index (χ0v) is 29.0. The van der Waals surface area contributed by atoms with Gasteiger partial charge in [0.05, 0.1) is 26.9 Å². The van der Waals surface area contributed by atoms with Gasteiger partial charge < -0.3 is 23.5 Å². The monoisotopic (exact) mass is 659 g/mol. The lowest BCUT2D eigenvalue weighted by atomic mass is 9.69. The average molecular weight is 660 g/mol. The van der Waals surface area contributed by atoms with Crippen LogP contribution in [0.4, 0.5) is 9.59 Å². The fourth-order valence-corrected chi connectivity index (χ4v) is 8.37. The van der Waals surface area contributed by atoms with Crippen molar-refractivity contribution < 1.29 is 50.8 Å². The lowest BCUT2D eigenvalue weighted by molar-refractivity contribution is -0.763. The molecule has 2 amide bonds. The number of rotatable bonds is 10. The number of carbonyl (C=O) groups is 4. The van der Waals surface area contributed by atoms with Crippen molar-refractivity contribution in [2.75, 3.05) is 46.5 Å². The largest absolute Gasteiger partial charge is 0.724 e. The fraction of sp³-hybridized carbons (Fsp3) is 0.871. The number of quaternary nitrogens is 1. The van der Waals surface area contributed by atoms with Crippen LogP contribution in [0, 0.1) is 23.7 Å². The van der Waals surface area contributed by atoms with Gasteiger partial charge in [-0.05, 0) is 78.1 Å². The van der Waals surface area contributed by atoms with Gasteiger partial charge in [-0.3, -0.25) is 14.6 Å². The minimum absolute atomic E-state index is 0.0121. The number of hydrogen-bond donors (Lipinski definition) is 0. The molecule has 3 aliphatic rings. The van der Waals surface area contributed by atoms with E-state index < -0.39 is 63.0 Å². The minimum Gasteiger partial charge on any atom is -0.724 e. The molecule has 13 nitrogen and oxygen atoms in total. The summed E-state index contributed by atoms with van der Waals surface area (Å²) in [5.74, 6) is -0.523. The van der Waals surface area contributed by atoms with Crippen LogP contribution in [0.2, 0.25) is 0 Å². The summed E-state index contributed by atoms with van der Waals surface area (Å²) in [6, 6.07) is -2.17. The van der Waals surface area contributed by atoms with Gasteiger partial charge in [0.2, 0.25) is 0 Å². The third kappa shape index (κ3) is 8.75. The number of fused-ring (bicyclic) bond motifs is 1. The zero-order valence-electron chi connectivity index (χ0n) is 28.2. The van der Waals surface area contributed by atoms with Crippen LogP contribution in [0.25, 0.3) is 0 Å². The summed E-state index contributed by atoms with van der Waals surface area (Å²) < 4.78 is 46.5. The van der Waals surface area contributed by atoms with Gasteiger partial charge in [0.25, 0.3) is 0 Å². The molecule has 45 heavy (non-hydrogen) atoms. The summed E-state index contributed by atoms with van der Waals surface area (Å²) in [4.78, 5) is 55.7. The van der Waals surface area contributed by atoms with Gasteiger partial charge in [0.15, 0.2) is 11.3 Å². The molecule has 0 aromatic carbocycles. The Kier molecular flexibility index (Phi) is 12.8. The minimum atomic E-state index is -2.87. The van der Waals surface area contributed by atoms with Gasteiger partial charge in [-0.2, -0.15) is 4.79 Å². The van der Waals surface area contributed by atoms with Gasteiger partial charge in [-0.25, -0.2) is 13.8 Å². The molecule has 2 heterocycles. The quantitative estimate of drug-likeness (QED) is 0.146. The van der Waals surface area contributed by atoms with Gasteiger partial charge in [-0.15, -0.1) is 3.89 Å². The van der Waals surface area contributed by atoms with Crippen LogP contribution in [-0.4, -0.2) is 117 Å². The zero-order chi connectivity index (χ0) is 33.7. The summed E-state index contributed by atoms with van der Waals surface area (Å²) in [5.41, 5.74) is -0.904. The molecule has 8 unspecified atom stereocenters. The first-order chi connectivity index (χ1) is 21.1. The Hall–Kier alpha value is -2.29. The number of amides is 2. The summed E-state index contributed by atoms with van der Waals surface area (Å²) in [5, 5.41) is 0. The molecule has 3 fully saturated rings. The Morgan fingerprint density at radius 1 is 0.933 bits per heavy atom. The molecular weight excluding hydrogens is 606 g/mol. The van der Waals surface area contributed by atoms with E-state index in [9.17, 15) is 27.9 Å². The maximum absolute atomic E-state index is 13.7.